The van der Waals surface area contributed by atoms with Crippen molar-refractivity contribution in [2.75, 3.05) is 0 Å². The van der Waals surface area contributed by atoms with Crippen LogP contribution in [0.4, 0.5) is 5.69 Å². The maximum Gasteiger partial charge on any atom is 0.331 e. The highest BCUT2D eigenvalue weighted by atomic mass is 16.6. The summed E-state index contributed by atoms with van der Waals surface area (Å²) in [5.41, 5.74) is 2.21. The highest BCUT2D eigenvalue weighted by Crippen LogP contribution is 2.29. The molecule has 9 nitrogen and oxygen atoms in total. The van der Waals surface area contributed by atoms with Gasteiger partial charge in [-0.25, -0.2) is 4.79 Å². The second-order valence-corrected chi connectivity index (χ2v) is 8.92. The maximum atomic E-state index is 12.0. The normalized spacial score (nSPS) is 19.6. The second-order valence-electron chi connectivity index (χ2n) is 8.92. The number of carbonyl (C=O) groups is 2. The summed E-state index contributed by atoms with van der Waals surface area (Å²) in [7, 11) is 0. The number of carboxylic acids is 1. The van der Waals surface area contributed by atoms with Gasteiger partial charge in [-0.3, -0.25) is 14.9 Å². The van der Waals surface area contributed by atoms with Crippen molar-refractivity contribution in [3.63, 3.8) is 0 Å². The van der Waals surface area contributed by atoms with E-state index in [-0.39, 0.29) is 36.2 Å². The van der Waals surface area contributed by atoms with Crippen molar-refractivity contribution in [1.82, 2.24) is 10.6 Å². The number of carboxylic acid groups (broad SMARTS) is 1. The van der Waals surface area contributed by atoms with E-state index in [9.17, 15) is 24.8 Å². The van der Waals surface area contributed by atoms with E-state index in [1.807, 2.05) is 50.2 Å². The fourth-order valence-corrected chi connectivity index (χ4v) is 4.50. The molecule has 3 atom stereocenters. The minimum absolute atomic E-state index is 0.0328. The molecule has 0 saturated heterocycles. The molecule has 0 aliphatic heterocycles. The van der Waals surface area contributed by atoms with E-state index < -0.39 is 29.1 Å². The second kappa shape index (κ2) is 12.4. The van der Waals surface area contributed by atoms with Crippen LogP contribution in [0, 0.1) is 10.1 Å². The summed E-state index contributed by atoms with van der Waals surface area (Å²) in [5, 5.41) is 27.7. The first-order valence-corrected chi connectivity index (χ1v) is 12.2. The molecule has 0 fully saturated rings. The molecule has 2 aromatic carbocycles. The van der Waals surface area contributed by atoms with Gasteiger partial charge in [0.15, 0.2) is 0 Å². The van der Waals surface area contributed by atoms with Gasteiger partial charge in [-0.1, -0.05) is 56.3 Å². The van der Waals surface area contributed by atoms with Gasteiger partial charge >= 0.3 is 5.97 Å². The number of nitrogens with zero attached hydrogens (tertiary/aromatic N) is 1. The zero-order valence-electron chi connectivity index (χ0n) is 20.8. The molecule has 9 heteroatoms. The number of nitro groups is 1. The van der Waals surface area contributed by atoms with Gasteiger partial charge in [0, 0.05) is 36.7 Å². The predicted molar refractivity (Wildman–Crippen MR) is 136 cm³/mol. The molecule has 0 heterocycles. The van der Waals surface area contributed by atoms with Crippen LogP contribution in [0.25, 0.3) is 11.1 Å². The Hall–Kier alpha value is -3.56. The molecule has 1 amide bonds. The van der Waals surface area contributed by atoms with Gasteiger partial charge in [-0.2, -0.15) is 0 Å². The molecule has 1 aliphatic rings. The molecule has 2 aromatic rings. The van der Waals surface area contributed by atoms with E-state index in [1.54, 1.807) is 18.2 Å². The van der Waals surface area contributed by atoms with Crippen LogP contribution in [0.5, 0.6) is 0 Å². The molecule has 0 radical (unpaired) electrons. The number of benzene rings is 2. The molecule has 36 heavy (non-hydrogen) atoms. The lowest BCUT2D eigenvalue weighted by molar-refractivity contribution is -0.385. The Morgan fingerprint density at radius 1 is 1.14 bits per heavy atom. The lowest BCUT2D eigenvalue weighted by Gasteiger charge is -2.38. The standard InChI is InChI=1S/C27H33N3O6/c1-4-22(5-2)36-25-15-21(27(32)33)13-23(26(25)29-17(3)31)28-16-20-12-11-19(14-24(20)30(34)35)18-9-7-6-8-10-18/h6-12,14-15,22-23,25-26,28H,4-5,13,16H2,1-3H3,(H,29,31)(H,32,33)/t23-,25+,26+/m0/s1. The van der Waals surface area contributed by atoms with E-state index in [0.717, 1.165) is 24.0 Å². The topological polar surface area (TPSA) is 131 Å². The van der Waals surface area contributed by atoms with Crippen molar-refractivity contribution in [3.8, 4) is 11.1 Å². The number of nitro benzene ring substituents is 1. The zero-order chi connectivity index (χ0) is 26.2. The fourth-order valence-electron chi connectivity index (χ4n) is 4.50. The van der Waals surface area contributed by atoms with Crippen molar-refractivity contribution in [2.45, 2.75) is 70.9 Å². The first-order chi connectivity index (χ1) is 17.2. The third-order valence-electron chi connectivity index (χ3n) is 6.44. The number of amides is 1. The van der Waals surface area contributed by atoms with Gasteiger partial charge in [0.2, 0.25) is 5.91 Å². The summed E-state index contributed by atoms with van der Waals surface area (Å²) in [6.45, 7) is 5.49. The summed E-state index contributed by atoms with van der Waals surface area (Å²) < 4.78 is 6.19. The van der Waals surface area contributed by atoms with Crippen LogP contribution in [0.3, 0.4) is 0 Å². The summed E-state index contributed by atoms with van der Waals surface area (Å²) in [6.07, 6.45) is 2.45. The number of hydrogen-bond acceptors (Lipinski definition) is 6. The Balaban J connectivity index is 1.88. The van der Waals surface area contributed by atoms with E-state index in [2.05, 4.69) is 10.6 Å². The van der Waals surface area contributed by atoms with E-state index in [4.69, 9.17) is 4.74 Å². The van der Waals surface area contributed by atoms with Gasteiger partial charge in [0.1, 0.15) is 0 Å². The highest BCUT2D eigenvalue weighted by Gasteiger charge is 2.37. The first-order valence-electron chi connectivity index (χ1n) is 12.2. The molecule has 0 unspecified atom stereocenters. The molecule has 1 aliphatic carbocycles. The van der Waals surface area contributed by atoms with Crippen LogP contribution in [-0.4, -0.2) is 46.2 Å². The van der Waals surface area contributed by atoms with Crippen molar-refractivity contribution < 1.29 is 24.4 Å². The first kappa shape index (κ1) is 27.0. The minimum Gasteiger partial charge on any atom is -0.478 e. The number of nitrogens with one attached hydrogen (secondary N) is 2. The van der Waals surface area contributed by atoms with E-state index in [0.29, 0.717) is 5.56 Å². The summed E-state index contributed by atoms with van der Waals surface area (Å²) in [6, 6.07) is 13.4. The number of rotatable bonds is 11. The summed E-state index contributed by atoms with van der Waals surface area (Å²) in [4.78, 5) is 35.3. The van der Waals surface area contributed by atoms with Crippen molar-refractivity contribution >= 4 is 17.6 Å². The Morgan fingerprint density at radius 2 is 1.83 bits per heavy atom. The third kappa shape index (κ3) is 6.77. The van der Waals surface area contributed by atoms with Crippen molar-refractivity contribution in [2.24, 2.45) is 0 Å². The van der Waals surface area contributed by atoms with Gasteiger partial charge in [-0.05, 0) is 36.5 Å². The van der Waals surface area contributed by atoms with Gasteiger partial charge in [0.25, 0.3) is 5.69 Å². The molecule has 0 aromatic heterocycles. The lowest BCUT2D eigenvalue weighted by Crippen LogP contribution is -2.58. The Labute approximate surface area is 210 Å². The van der Waals surface area contributed by atoms with Crippen LogP contribution in [0.15, 0.2) is 60.2 Å². The molecular formula is C27H33N3O6. The van der Waals surface area contributed by atoms with Crippen molar-refractivity contribution in [3.05, 3.63) is 75.9 Å². The Kier molecular flexibility index (Phi) is 9.32. The van der Waals surface area contributed by atoms with Gasteiger partial charge < -0.3 is 20.5 Å². The largest absolute Gasteiger partial charge is 0.478 e. The van der Waals surface area contributed by atoms with Gasteiger partial charge in [-0.15, -0.1) is 0 Å². The highest BCUT2D eigenvalue weighted by molar-refractivity contribution is 5.87. The van der Waals surface area contributed by atoms with E-state index in [1.165, 1.54) is 6.92 Å². The molecule has 3 rings (SSSR count). The average molecular weight is 496 g/mol. The molecule has 0 bridgehead atoms. The quantitative estimate of drug-likeness (QED) is 0.314. The lowest BCUT2D eigenvalue weighted by atomic mass is 9.87. The Bertz CT molecular complexity index is 1110. The molecule has 192 valence electrons. The zero-order valence-corrected chi connectivity index (χ0v) is 20.8. The van der Waals surface area contributed by atoms with Crippen LogP contribution < -0.4 is 10.6 Å². The number of hydrogen-bond donors (Lipinski definition) is 3. The van der Waals surface area contributed by atoms with Crippen LogP contribution in [-0.2, 0) is 20.9 Å². The molecule has 0 saturated carbocycles. The predicted octanol–water partition coefficient (Wildman–Crippen LogP) is 4.21. The van der Waals surface area contributed by atoms with Crippen molar-refractivity contribution in [1.29, 1.82) is 0 Å². The average Bonchev–Trinajstić information content (AvgIpc) is 2.87. The number of carbonyl (C=O) groups excluding carboxylic acids is 1. The fraction of sp³-hybridized carbons (Fsp3) is 0.407. The monoisotopic (exact) mass is 495 g/mol. The molecule has 0 spiro atoms. The maximum absolute atomic E-state index is 12.0. The van der Waals surface area contributed by atoms with Gasteiger partial charge in [0.05, 0.1) is 23.2 Å². The summed E-state index contributed by atoms with van der Waals surface area (Å²) in [5.74, 6) is -1.32. The van der Waals surface area contributed by atoms with Crippen LogP contribution >= 0.6 is 0 Å². The molecule has 3 N–H and O–H groups in total. The minimum atomic E-state index is -1.06. The SMILES string of the molecule is CCC(CC)O[C@@H]1C=C(C(=O)O)C[C@H](NCc2ccc(-c3ccccc3)cc2[N+](=O)[O-])[C@H]1NC(C)=O. The summed E-state index contributed by atoms with van der Waals surface area (Å²) >= 11 is 0. The Morgan fingerprint density at radius 3 is 2.42 bits per heavy atom. The van der Waals surface area contributed by atoms with E-state index >= 15 is 0 Å². The van der Waals surface area contributed by atoms with Crippen LogP contribution in [0.2, 0.25) is 0 Å². The molecular weight excluding hydrogens is 462 g/mol. The number of aliphatic carboxylic acids is 1. The van der Waals surface area contributed by atoms with Crippen LogP contribution in [0.1, 0.15) is 45.6 Å². The number of ether oxygens (including phenoxy) is 1. The smallest absolute Gasteiger partial charge is 0.331 e. The third-order valence-corrected chi connectivity index (χ3v) is 6.44.